The van der Waals surface area contributed by atoms with Crippen LogP contribution in [-0.2, 0) is 18.3 Å². The quantitative estimate of drug-likeness (QED) is 0.334. The summed E-state index contributed by atoms with van der Waals surface area (Å²) in [5.41, 5.74) is 0. The third-order valence-electron chi connectivity index (χ3n) is 1.20. The minimum Gasteiger partial charge on any atom is -0.396 e. The smallest absolute Gasteiger partial charge is 0.304 e. The van der Waals surface area contributed by atoms with Crippen LogP contribution in [0.15, 0.2) is 25.3 Å². The van der Waals surface area contributed by atoms with Crippen LogP contribution in [0, 0.1) is 0 Å². The summed E-state index contributed by atoms with van der Waals surface area (Å²) in [4.78, 5) is 0. The van der Waals surface area contributed by atoms with Crippen LogP contribution in [-0.4, -0.2) is 50.7 Å². The molecule has 0 aliphatic carbocycles. The summed E-state index contributed by atoms with van der Waals surface area (Å²) in [7, 11) is 2.51. The van der Waals surface area contributed by atoms with Crippen molar-refractivity contribution in [2.24, 2.45) is 0 Å². The molecule has 0 aromatic heterocycles. The van der Waals surface area contributed by atoms with E-state index in [2.05, 4.69) is 13.2 Å². The molecule has 0 aliphatic heterocycles. The van der Waals surface area contributed by atoms with Gasteiger partial charge in [0.1, 0.15) is 0 Å². The Morgan fingerprint density at radius 2 is 1.27 bits per heavy atom. The van der Waals surface area contributed by atoms with Crippen LogP contribution >= 0.6 is 0 Å². The van der Waals surface area contributed by atoms with Crippen molar-refractivity contribution in [1.29, 1.82) is 0 Å². The van der Waals surface area contributed by atoms with Crippen LogP contribution < -0.4 is 0 Å². The highest BCUT2D eigenvalue weighted by Gasteiger charge is 1.88. The summed E-state index contributed by atoms with van der Waals surface area (Å²) < 4.78 is 19.9. The first-order valence-electron chi connectivity index (χ1n) is 4.70. The Morgan fingerprint density at radius 3 is 1.53 bits per heavy atom. The second kappa shape index (κ2) is 19.2. The molecule has 0 bridgehead atoms. The molecule has 0 aromatic carbocycles. The van der Waals surface area contributed by atoms with Crippen molar-refractivity contribution in [3.05, 3.63) is 25.3 Å². The van der Waals surface area contributed by atoms with E-state index in [0.29, 0.717) is 26.4 Å². The van der Waals surface area contributed by atoms with E-state index in [0.717, 1.165) is 0 Å². The van der Waals surface area contributed by atoms with Crippen LogP contribution in [0.2, 0.25) is 0 Å². The molecule has 5 heteroatoms. The van der Waals surface area contributed by atoms with Gasteiger partial charge in [0.25, 0.3) is 0 Å². The van der Waals surface area contributed by atoms with Gasteiger partial charge in [-0.15, -0.1) is 0 Å². The number of hydrogen-bond acceptors (Lipinski definition) is 4. The fourth-order valence-corrected chi connectivity index (χ4v) is 1.05. The van der Waals surface area contributed by atoms with Crippen LogP contribution in [0.1, 0.15) is 0 Å². The second-order valence-electron chi connectivity index (χ2n) is 2.39. The van der Waals surface area contributed by atoms with Crippen molar-refractivity contribution in [1.82, 2.24) is 0 Å². The van der Waals surface area contributed by atoms with Crippen molar-refractivity contribution in [2.75, 3.05) is 40.6 Å². The van der Waals surface area contributed by atoms with E-state index in [-0.39, 0.29) is 0 Å². The number of methoxy groups -OCH3 is 2. The van der Waals surface area contributed by atoms with Gasteiger partial charge in [0.2, 0.25) is 0 Å². The third kappa shape index (κ3) is 24.7. The Bertz CT molecular complexity index is 117. The SMILES string of the molecule is C=CC=C.COCCO[SiH2]OCCOC. The fraction of sp³-hybridized carbons (Fsp3) is 0.600. The lowest BCUT2D eigenvalue weighted by molar-refractivity contribution is 0.110. The largest absolute Gasteiger partial charge is 0.396 e. The second-order valence-corrected chi connectivity index (χ2v) is 3.44. The van der Waals surface area contributed by atoms with Crippen LogP contribution in [0.4, 0.5) is 0 Å². The molecule has 0 saturated carbocycles. The van der Waals surface area contributed by atoms with E-state index in [1.165, 1.54) is 0 Å². The van der Waals surface area contributed by atoms with Gasteiger partial charge in [-0.25, -0.2) is 0 Å². The molecule has 0 unspecified atom stereocenters. The third-order valence-corrected chi connectivity index (χ3v) is 2.11. The van der Waals surface area contributed by atoms with Crippen molar-refractivity contribution < 1.29 is 18.3 Å². The van der Waals surface area contributed by atoms with Gasteiger partial charge in [-0.2, -0.15) is 0 Å². The van der Waals surface area contributed by atoms with Crippen LogP contribution in [0.25, 0.3) is 0 Å². The van der Waals surface area contributed by atoms with E-state index < -0.39 is 10.0 Å². The van der Waals surface area contributed by atoms with E-state index in [1.54, 1.807) is 26.4 Å². The molecular formula is C10H22O4Si. The first kappa shape index (κ1) is 16.9. The van der Waals surface area contributed by atoms with E-state index in [1.807, 2.05) is 0 Å². The average molecular weight is 234 g/mol. The molecule has 0 saturated heterocycles. The molecule has 0 heterocycles. The van der Waals surface area contributed by atoms with Crippen LogP contribution in [0.3, 0.4) is 0 Å². The van der Waals surface area contributed by atoms with Gasteiger partial charge in [0, 0.05) is 14.2 Å². The highest BCUT2D eigenvalue weighted by atomic mass is 28.3. The molecule has 0 spiro atoms. The zero-order valence-corrected chi connectivity index (χ0v) is 11.2. The lowest BCUT2D eigenvalue weighted by Crippen LogP contribution is -2.12. The zero-order chi connectivity index (χ0) is 11.8. The average Bonchev–Trinajstić information content (AvgIpc) is 2.28. The molecular weight excluding hydrogens is 212 g/mol. The summed E-state index contributed by atoms with van der Waals surface area (Å²) in [5, 5.41) is 0. The summed E-state index contributed by atoms with van der Waals surface area (Å²) in [6, 6.07) is 0. The van der Waals surface area contributed by atoms with Gasteiger partial charge in [-0.3, -0.25) is 0 Å². The van der Waals surface area contributed by atoms with Gasteiger partial charge < -0.3 is 18.3 Å². The Morgan fingerprint density at radius 1 is 0.867 bits per heavy atom. The van der Waals surface area contributed by atoms with E-state index >= 15 is 0 Å². The molecule has 90 valence electrons. The normalized spacial score (nSPS) is 8.93. The molecule has 15 heavy (non-hydrogen) atoms. The topological polar surface area (TPSA) is 36.9 Å². The van der Waals surface area contributed by atoms with Crippen molar-refractivity contribution in [2.45, 2.75) is 0 Å². The highest BCUT2D eigenvalue weighted by Crippen LogP contribution is 1.76. The minimum atomic E-state index is -0.789. The fourth-order valence-electron chi connectivity index (χ4n) is 0.461. The maximum atomic E-state index is 5.16. The van der Waals surface area contributed by atoms with E-state index in [9.17, 15) is 0 Å². The molecule has 0 amide bonds. The summed E-state index contributed by atoms with van der Waals surface area (Å²) in [6.45, 7) is 9.27. The number of hydrogen-bond donors (Lipinski definition) is 0. The maximum absolute atomic E-state index is 5.16. The van der Waals surface area contributed by atoms with Gasteiger partial charge >= 0.3 is 10.0 Å². The van der Waals surface area contributed by atoms with Crippen molar-refractivity contribution >= 4 is 10.0 Å². The highest BCUT2D eigenvalue weighted by molar-refractivity contribution is 6.17. The predicted octanol–water partition coefficient (Wildman–Crippen LogP) is 0.670. The van der Waals surface area contributed by atoms with Gasteiger partial charge in [-0.1, -0.05) is 25.3 Å². The Balaban J connectivity index is 0. The van der Waals surface area contributed by atoms with Crippen molar-refractivity contribution in [3.8, 4) is 0 Å². The Labute approximate surface area is 94.9 Å². The predicted molar refractivity (Wildman–Crippen MR) is 64.6 cm³/mol. The van der Waals surface area contributed by atoms with Gasteiger partial charge in [-0.05, 0) is 0 Å². The van der Waals surface area contributed by atoms with Crippen LogP contribution in [0.5, 0.6) is 0 Å². The number of allylic oxidation sites excluding steroid dienone is 2. The number of rotatable bonds is 9. The van der Waals surface area contributed by atoms with E-state index in [4.69, 9.17) is 18.3 Å². The van der Waals surface area contributed by atoms with Crippen molar-refractivity contribution in [3.63, 3.8) is 0 Å². The lowest BCUT2D eigenvalue weighted by Gasteiger charge is -2.03. The zero-order valence-electron chi connectivity index (χ0n) is 9.74. The summed E-state index contributed by atoms with van der Waals surface area (Å²) >= 11 is 0. The molecule has 0 fully saturated rings. The first-order valence-corrected chi connectivity index (χ1v) is 5.85. The maximum Gasteiger partial charge on any atom is 0.304 e. The Hall–Kier alpha value is -0.463. The molecule has 0 aromatic rings. The Kier molecular flexibility index (Phi) is 21.7. The molecule has 0 N–H and O–H groups in total. The number of ether oxygens (including phenoxy) is 2. The molecule has 0 aliphatic rings. The van der Waals surface area contributed by atoms with Gasteiger partial charge in [0.05, 0.1) is 26.4 Å². The molecule has 0 atom stereocenters. The van der Waals surface area contributed by atoms with Gasteiger partial charge in [0.15, 0.2) is 0 Å². The monoisotopic (exact) mass is 234 g/mol. The standard InChI is InChI=1S/C6H16O4Si.C4H6/c1-7-3-5-9-11-10-6-4-8-2;1-3-4-2/h3-6,11H2,1-2H3;3-4H,1-2H2. The molecule has 0 rings (SSSR count). The first-order chi connectivity index (χ1) is 7.33. The molecule has 0 radical (unpaired) electrons. The minimum absolute atomic E-state index is 0.635. The lowest BCUT2D eigenvalue weighted by atomic mass is 10.6. The molecule has 4 nitrogen and oxygen atoms in total. The summed E-state index contributed by atoms with van der Waals surface area (Å²) in [5.74, 6) is 0. The summed E-state index contributed by atoms with van der Waals surface area (Å²) in [6.07, 6.45) is 3.28.